The Morgan fingerprint density at radius 1 is 1.15 bits per heavy atom. The first-order valence-electron chi connectivity index (χ1n) is 13.1. The molecule has 2 heterocycles. The zero-order valence-electron chi connectivity index (χ0n) is 22.5. The molecule has 1 saturated carbocycles. The minimum atomic E-state index is -0.856. The molecule has 1 atom stereocenters. The van der Waals surface area contributed by atoms with E-state index in [1.54, 1.807) is 25.1 Å². The van der Waals surface area contributed by atoms with Gasteiger partial charge in [-0.3, -0.25) is 4.79 Å². The SMILES string of the molecule is CCOc1ccc(Cl)cc1Cn1c(-c2ccc(OCC[C@@H](C)C(=O)O)cc2Cl)nc2c(OC3(C)CC3)ncnc21. The van der Waals surface area contributed by atoms with Gasteiger partial charge in [0.25, 0.3) is 0 Å². The van der Waals surface area contributed by atoms with Crippen molar-refractivity contribution >= 4 is 40.3 Å². The highest BCUT2D eigenvalue weighted by Gasteiger charge is 2.41. The second kappa shape index (κ2) is 11.5. The van der Waals surface area contributed by atoms with Gasteiger partial charge < -0.3 is 23.9 Å². The maximum absolute atomic E-state index is 11.1. The van der Waals surface area contributed by atoms with Crippen molar-refractivity contribution < 1.29 is 24.1 Å². The number of benzene rings is 2. The molecule has 0 amide bonds. The monoisotopic (exact) mass is 584 g/mol. The number of aliphatic carboxylic acids is 1. The molecular weight excluding hydrogens is 555 g/mol. The number of imidazole rings is 1. The van der Waals surface area contributed by atoms with Crippen LogP contribution >= 0.6 is 23.2 Å². The van der Waals surface area contributed by atoms with E-state index in [0.717, 1.165) is 18.4 Å². The van der Waals surface area contributed by atoms with E-state index in [1.807, 2.05) is 36.6 Å². The molecule has 1 fully saturated rings. The van der Waals surface area contributed by atoms with Crippen LogP contribution in [0.25, 0.3) is 22.6 Å². The summed E-state index contributed by atoms with van der Waals surface area (Å²) in [5, 5.41) is 10.1. The average molecular weight is 585 g/mol. The minimum Gasteiger partial charge on any atom is -0.494 e. The third-order valence-electron chi connectivity index (χ3n) is 6.87. The average Bonchev–Trinajstić information content (AvgIpc) is 3.53. The summed E-state index contributed by atoms with van der Waals surface area (Å²) in [5.41, 5.74) is 2.38. The van der Waals surface area contributed by atoms with Gasteiger partial charge in [0.2, 0.25) is 5.88 Å². The van der Waals surface area contributed by atoms with E-state index in [2.05, 4.69) is 9.97 Å². The Hall–Kier alpha value is -3.56. The first-order chi connectivity index (χ1) is 19.2. The van der Waals surface area contributed by atoms with Crippen LogP contribution < -0.4 is 14.2 Å². The Kier molecular flexibility index (Phi) is 8.05. The van der Waals surface area contributed by atoms with E-state index >= 15 is 0 Å². The van der Waals surface area contributed by atoms with E-state index in [-0.39, 0.29) is 12.2 Å². The summed E-state index contributed by atoms with van der Waals surface area (Å²) in [6, 6.07) is 10.8. The van der Waals surface area contributed by atoms with Crippen LogP contribution in [0.4, 0.5) is 0 Å². The molecule has 0 spiro atoms. The van der Waals surface area contributed by atoms with Crippen LogP contribution in [0.5, 0.6) is 17.4 Å². The number of carboxylic acids is 1. The van der Waals surface area contributed by atoms with Gasteiger partial charge in [0.05, 0.1) is 30.7 Å². The fourth-order valence-electron chi connectivity index (χ4n) is 4.24. The zero-order chi connectivity index (χ0) is 28.4. The normalized spacial score (nSPS) is 14.6. The van der Waals surface area contributed by atoms with Gasteiger partial charge in [0.1, 0.15) is 29.3 Å². The molecule has 0 aliphatic heterocycles. The Morgan fingerprint density at radius 2 is 1.95 bits per heavy atom. The molecule has 40 heavy (non-hydrogen) atoms. The lowest BCUT2D eigenvalue weighted by Crippen LogP contribution is -2.13. The highest BCUT2D eigenvalue weighted by Crippen LogP contribution is 2.41. The van der Waals surface area contributed by atoms with Crippen molar-refractivity contribution in [3.63, 3.8) is 0 Å². The van der Waals surface area contributed by atoms with Crippen LogP contribution in [0, 0.1) is 5.92 Å². The van der Waals surface area contributed by atoms with Crippen LogP contribution in [-0.2, 0) is 11.3 Å². The van der Waals surface area contributed by atoms with E-state index in [0.29, 0.717) is 69.5 Å². The molecule has 5 rings (SSSR count). The summed E-state index contributed by atoms with van der Waals surface area (Å²) in [5.74, 6) is 0.877. The highest BCUT2D eigenvalue weighted by molar-refractivity contribution is 6.33. The largest absolute Gasteiger partial charge is 0.494 e. The molecule has 2 aromatic carbocycles. The molecular formula is C29H30Cl2N4O5. The molecule has 0 radical (unpaired) electrons. The van der Waals surface area contributed by atoms with Crippen molar-refractivity contribution in [2.24, 2.45) is 5.92 Å². The summed E-state index contributed by atoms with van der Waals surface area (Å²) in [6.45, 7) is 6.74. The standard InChI is InChI=1S/C29H30Cl2N4O5/c1-4-38-23-8-5-19(30)13-18(23)15-35-25(34-24-26(35)32-16-33-27(24)40-29(3)10-11-29)21-7-6-20(14-22(21)31)39-12-9-17(2)28(36)37/h5-8,13-14,16-17H,4,9-12,15H2,1-3H3,(H,36,37)/t17-/m1/s1. The molecule has 4 aromatic rings. The number of aromatic nitrogens is 4. The number of nitrogens with zero attached hydrogens (tertiary/aromatic N) is 4. The lowest BCUT2D eigenvalue weighted by atomic mass is 10.1. The summed E-state index contributed by atoms with van der Waals surface area (Å²) in [6.07, 6.45) is 3.76. The summed E-state index contributed by atoms with van der Waals surface area (Å²) in [4.78, 5) is 25.0. The Morgan fingerprint density at radius 3 is 2.65 bits per heavy atom. The smallest absolute Gasteiger partial charge is 0.306 e. The second-order valence-corrected chi connectivity index (χ2v) is 11.0. The number of rotatable bonds is 12. The van der Waals surface area contributed by atoms with E-state index in [4.69, 9.17) is 47.5 Å². The fraction of sp³-hybridized carbons (Fsp3) is 0.379. The Bertz CT molecular complexity index is 1550. The molecule has 0 bridgehead atoms. The Labute approximate surface area is 242 Å². The fourth-order valence-corrected chi connectivity index (χ4v) is 4.69. The maximum Gasteiger partial charge on any atom is 0.306 e. The molecule has 0 saturated heterocycles. The van der Waals surface area contributed by atoms with Crippen molar-refractivity contribution in [2.45, 2.75) is 52.2 Å². The van der Waals surface area contributed by atoms with Crippen LogP contribution in [0.2, 0.25) is 10.0 Å². The van der Waals surface area contributed by atoms with Gasteiger partial charge >= 0.3 is 5.97 Å². The van der Waals surface area contributed by atoms with Gasteiger partial charge in [-0.15, -0.1) is 0 Å². The van der Waals surface area contributed by atoms with E-state index < -0.39 is 11.9 Å². The highest BCUT2D eigenvalue weighted by atomic mass is 35.5. The first-order valence-corrected chi connectivity index (χ1v) is 13.9. The van der Waals surface area contributed by atoms with Crippen molar-refractivity contribution in [1.29, 1.82) is 0 Å². The number of fused-ring (bicyclic) bond motifs is 1. The van der Waals surface area contributed by atoms with Gasteiger partial charge in [-0.25, -0.2) is 9.97 Å². The van der Waals surface area contributed by atoms with Crippen LogP contribution in [-0.4, -0.2) is 49.4 Å². The number of carbonyl (C=O) groups is 1. The van der Waals surface area contributed by atoms with Gasteiger partial charge in [0.15, 0.2) is 11.2 Å². The van der Waals surface area contributed by atoms with Gasteiger partial charge in [-0.05, 0) is 69.5 Å². The summed E-state index contributed by atoms with van der Waals surface area (Å²) >= 11 is 13.1. The number of carboxylic acid groups (broad SMARTS) is 1. The Balaban J connectivity index is 1.55. The molecule has 0 unspecified atom stereocenters. The number of ether oxygens (including phenoxy) is 3. The quantitative estimate of drug-likeness (QED) is 0.197. The summed E-state index contributed by atoms with van der Waals surface area (Å²) < 4.78 is 19.8. The van der Waals surface area contributed by atoms with E-state index in [9.17, 15) is 4.79 Å². The van der Waals surface area contributed by atoms with Crippen molar-refractivity contribution in [3.8, 4) is 28.8 Å². The van der Waals surface area contributed by atoms with E-state index in [1.165, 1.54) is 6.33 Å². The molecule has 210 valence electrons. The molecule has 9 nitrogen and oxygen atoms in total. The second-order valence-electron chi connectivity index (χ2n) is 10.1. The van der Waals surface area contributed by atoms with Crippen LogP contribution in [0.1, 0.15) is 45.6 Å². The first kappa shape index (κ1) is 28.0. The molecule has 2 aromatic heterocycles. The molecule has 11 heteroatoms. The van der Waals surface area contributed by atoms with Crippen molar-refractivity contribution in [1.82, 2.24) is 19.5 Å². The molecule has 1 aliphatic carbocycles. The lowest BCUT2D eigenvalue weighted by molar-refractivity contribution is -0.141. The summed E-state index contributed by atoms with van der Waals surface area (Å²) in [7, 11) is 0. The van der Waals surface area contributed by atoms with Gasteiger partial charge in [-0.1, -0.05) is 30.1 Å². The maximum atomic E-state index is 11.1. The van der Waals surface area contributed by atoms with Crippen molar-refractivity contribution in [2.75, 3.05) is 13.2 Å². The predicted molar refractivity (Wildman–Crippen MR) is 153 cm³/mol. The van der Waals surface area contributed by atoms with Gasteiger partial charge in [-0.2, -0.15) is 4.98 Å². The zero-order valence-corrected chi connectivity index (χ0v) is 24.0. The molecule has 1 N–H and O–H groups in total. The topological polar surface area (TPSA) is 109 Å². The minimum absolute atomic E-state index is 0.255. The number of hydrogen-bond acceptors (Lipinski definition) is 7. The lowest BCUT2D eigenvalue weighted by Gasteiger charge is -2.15. The third kappa shape index (κ3) is 6.10. The van der Waals surface area contributed by atoms with Crippen LogP contribution in [0.3, 0.4) is 0 Å². The van der Waals surface area contributed by atoms with Crippen LogP contribution in [0.15, 0.2) is 42.7 Å². The number of hydrogen-bond donors (Lipinski definition) is 1. The predicted octanol–water partition coefficient (Wildman–Crippen LogP) is 6.67. The van der Waals surface area contributed by atoms with Gasteiger partial charge in [0, 0.05) is 16.1 Å². The number of halogens is 2. The third-order valence-corrected chi connectivity index (χ3v) is 7.42. The van der Waals surface area contributed by atoms with Crippen molar-refractivity contribution in [3.05, 3.63) is 58.3 Å². The molecule has 1 aliphatic rings.